The van der Waals surface area contributed by atoms with Crippen LogP contribution in [0.15, 0.2) is 42.6 Å². The van der Waals surface area contributed by atoms with E-state index in [1.165, 1.54) is 11.1 Å². The lowest BCUT2D eigenvalue weighted by Crippen LogP contribution is -2.27. The molecule has 1 aliphatic heterocycles. The lowest BCUT2D eigenvalue weighted by Gasteiger charge is -2.21. The number of ether oxygens (including phenoxy) is 1. The Kier molecular flexibility index (Phi) is 6.36. The molecule has 1 aromatic carbocycles. The van der Waals surface area contributed by atoms with Crippen molar-refractivity contribution in [2.75, 3.05) is 25.5 Å². The number of aromatic nitrogens is 1. The van der Waals surface area contributed by atoms with Crippen LogP contribution in [-0.2, 0) is 28.9 Å². The number of carbonyl (C=O) groups excluding carboxylic acids is 1. The van der Waals surface area contributed by atoms with Crippen LogP contribution >= 0.6 is 0 Å². The van der Waals surface area contributed by atoms with Crippen LogP contribution < -0.4 is 5.32 Å². The molecule has 0 radical (unpaired) electrons. The van der Waals surface area contributed by atoms with E-state index in [4.69, 9.17) is 4.74 Å². The largest absolute Gasteiger partial charge is 0.381 e. The van der Waals surface area contributed by atoms with Crippen LogP contribution in [0.4, 0.5) is 5.82 Å². The molecule has 0 saturated heterocycles. The van der Waals surface area contributed by atoms with Crippen molar-refractivity contribution in [2.24, 2.45) is 0 Å². The molecule has 2 heterocycles. The first-order valence-corrected chi connectivity index (χ1v) is 9.21. The quantitative estimate of drug-likeness (QED) is 0.867. The molecule has 0 bridgehead atoms. The standard InChI is InChI=1S/C21H27N3O2/c1-16(26-2)14-20(25)23-21-19(8-5-11-22-21)15-24-12-9-17-6-3-4-7-18(17)10-13-24/h3-8,11,16H,9-10,12-15H2,1-2H3,(H,22,23,25)/t16-/m1/s1. The average Bonchev–Trinajstić information content (AvgIpc) is 2.86. The Morgan fingerprint density at radius 1 is 1.19 bits per heavy atom. The monoisotopic (exact) mass is 353 g/mol. The van der Waals surface area contributed by atoms with Crippen molar-refractivity contribution in [1.82, 2.24) is 9.88 Å². The smallest absolute Gasteiger partial charge is 0.228 e. The Morgan fingerprint density at radius 2 is 1.88 bits per heavy atom. The van der Waals surface area contributed by atoms with E-state index in [0.717, 1.165) is 38.0 Å². The molecule has 0 unspecified atom stereocenters. The minimum atomic E-state index is -0.105. The fourth-order valence-corrected chi connectivity index (χ4v) is 3.32. The second kappa shape index (κ2) is 8.92. The molecule has 5 nitrogen and oxygen atoms in total. The fourth-order valence-electron chi connectivity index (χ4n) is 3.32. The van der Waals surface area contributed by atoms with Crippen LogP contribution in [0.2, 0.25) is 0 Å². The average molecular weight is 353 g/mol. The van der Waals surface area contributed by atoms with Crippen LogP contribution in [0.1, 0.15) is 30.0 Å². The number of benzene rings is 1. The molecular weight excluding hydrogens is 326 g/mol. The molecule has 0 fully saturated rings. The summed E-state index contributed by atoms with van der Waals surface area (Å²) >= 11 is 0. The molecule has 1 aromatic heterocycles. The van der Waals surface area contributed by atoms with Gasteiger partial charge in [0.1, 0.15) is 5.82 Å². The lowest BCUT2D eigenvalue weighted by molar-refractivity contribution is -0.118. The minimum Gasteiger partial charge on any atom is -0.381 e. The van der Waals surface area contributed by atoms with Crippen LogP contribution in [0, 0.1) is 0 Å². The Morgan fingerprint density at radius 3 is 2.54 bits per heavy atom. The predicted molar refractivity (Wildman–Crippen MR) is 103 cm³/mol. The van der Waals surface area contributed by atoms with Crippen molar-refractivity contribution < 1.29 is 9.53 Å². The molecule has 26 heavy (non-hydrogen) atoms. The number of nitrogens with zero attached hydrogens (tertiary/aromatic N) is 2. The van der Waals surface area contributed by atoms with Gasteiger partial charge in [-0.15, -0.1) is 0 Å². The molecule has 0 saturated carbocycles. The number of amides is 1. The Balaban J connectivity index is 1.64. The van der Waals surface area contributed by atoms with Gasteiger partial charge in [-0.05, 0) is 37.0 Å². The zero-order valence-electron chi connectivity index (χ0n) is 15.6. The zero-order valence-corrected chi connectivity index (χ0v) is 15.6. The van der Waals surface area contributed by atoms with E-state index >= 15 is 0 Å². The molecular formula is C21H27N3O2. The second-order valence-corrected chi connectivity index (χ2v) is 6.85. The molecule has 0 aliphatic carbocycles. The fraction of sp³-hybridized carbons (Fsp3) is 0.429. The summed E-state index contributed by atoms with van der Waals surface area (Å²) in [5, 5.41) is 2.94. The van der Waals surface area contributed by atoms with Crippen LogP contribution in [-0.4, -0.2) is 42.1 Å². The molecule has 5 heteroatoms. The maximum Gasteiger partial charge on any atom is 0.228 e. The maximum absolute atomic E-state index is 12.2. The Bertz CT molecular complexity index is 721. The third kappa shape index (κ3) is 4.90. The molecule has 138 valence electrons. The summed E-state index contributed by atoms with van der Waals surface area (Å²) in [5.74, 6) is 0.588. The number of nitrogens with one attached hydrogen (secondary N) is 1. The highest BCUT2D eigenvalue weighted by molar-refractivity contribution is 5.90. The van der Waals surface area contributed by atoms with Crippen molar-refractivity contribution in [3.8, 4) is 0 Å². The number of anilines is 1. The zero-order chi connectivity index (χ0) is 18.4. The number of hydrogen-bond donors (Lipinski definition) is 1. The summed E-state index contributed by atoms with van der Waals surface area (Å²) in [6.07, 6.45) is 4.06. The minimum absolute atomic E-state index is 0.0671. The third-order valence-electron chi connectivity index (χ3n) is 4.93. The van der Waals surface area contributed by atoms with Gasteiger partial charge in [-0.1, -0.05) is 30.3 Å². The summed E-state index contributed by atoms with van der Waals surface area (Å²) < 4.78 is 5.17. The van der Waals surface area contributed by atoms with Gasteiger partial charge in [0.05, 0.1) is 12.5 Å². The Hall–Kier alpha value is -2.24. The van der Waals surface area contributed by atoms with E-state index in [9.17, 15) is 4.79 Å². The van der Waals surface area contributed by atoms with Crippen molar-refractivity contribution in [2.45, 2.75) is 38.8 Å². The molecule has 3 rings (SSSR count). The predicted octanol–water partition coefficient (Wildman–Crippen LogP) is 3.05. The van der Waals surface area contributed by atoms with Gasteiger partial charge in [0, 0.05) is 38.5 Å². The molecule has 0 spiro atoms. The van der Waals surface area contributed by atoms with Crippen molar-refractivity contribution in [3.05, 3.63) is 59.3 Å². The van der Waals surface area contributed by atoms with Crippen LogP contribution in [0.25, 0.3) is 0 Å². The SMILES string of the molecule is CO[C@H](C)CC(=O)Nc1ncccc1CN1CCc2ccccc2CC1. The van der Waals surface area contributed by atoms with Crippen LogP contribution in [0.5, 0.6) is 0 Å². The highest BCUT2D eigenvalue weighted by atomic mass is 16.5. The highest BCUT2D eigenvalue weighted by Crippen LogP contribution is 2.19. The van der Waals surface area contributed by atoms with E-state index in [2.05, 4.69) is 39.5 Å². The van der Waals surface area contributed by atoms with Gasteiger partial charge in [-0.3, -0.25) is 9.69 Å². The molecule has 1 amide bonds. The lowest BCUT2D eigenvalue weighted by atomic mass is 10.0. The number of rotatable bonds is 6. The van der Waals surface area contributed by atoms with Crippen molar-refractivity contribution >= 4 is 11.7 Å². The summed E-state index contributed by atoms with van der Waals surface area (Å²) in [7, 11) is 1.61. The third-order valence-corrected chi connectivity index (χ3v) is 4.93. The van der Waals surface area contributed by atoms with Gasteiger partial charge in [-0.2, -0.15) is 0 Å². The summed E-state index contributed by atoms with van der Waals surface area (Å²) in [5.41, 5.74) is 3.95. The molecule has 1 atom stereocenters. The van der Waals surface area contributed by atoms with Gasteiger partial charge in [0.2, 0.25) is 5.91 Å². The highest BCUT2D eigenvalue weighted by Gasteiger charge is 2.17. The number of methoxy groups -OCH3 is 1. The van der Waals surface area contributed by atoms with E-state index in [0.29, 0.717) is 12.2 Å². The van der Waals surface area contributed by atoms with Gasteiger partial charge < -0.3 is 10.1 Å². The maximum atomic E-state index is 12.2. The molecule has 2 aromatic rings. The van der Waals surface area contributed by atoms with Gasteiger partial charge >= 0.3 is 0 Å². The summed E-state index contributed by atoms with van der Waals surface area (Å²) in [6.45, 7) is 4.70. The van der Waals surface area contributed by atoms with E-state index < -0.39 is 0 Å². The number of pyridine rings is 1. The van der Waals surface area contributed by atoms with Gasteiger partial charge in [0.15, 0.2) is 0 Å². The Labute approximate surface area is 155 Å². The summed E-state index contributed by atoms with van der Waals surface area (Å²) in [6, 6.07) is 12.7. The van der Waals surface area contributed by atoms with Crippen molar-refractivity contribution in [1.29, 1.82) is 0 Å². The van der Waals surface area contributed by atoms with Gasteiger partial charge in [0.25, 0.3) is 0 Å². The normalized spacial score (nSPS) is 15.8. The van der Waals surface area contributed by atoms with Gasteiger partial charge in [-0.25, -0.2) is 4.98 Å². The van der Waals surface area contributed by atoms with E-state index in [-0.39, 0.29) is 12.0 Å². The second-order valence-electron chi connectivity index (χ2n) is 6.85. The first kappa shape index (κ1) is 18.5. The number of hydrogen-bond acceptors (Lipinski definition) is 4. The molecule has 1 N–H and O–H groups in total. The van der Waals surface area contributed by atoms with Crippen LogP contribution in [0.3, 0.4) is 0 Å². The summed E-state index contributed by atoms with van der Waals surface area (Å²) in [4.78, 5) is 19.0. The van der Waals surface area contributed by atoms with E-state index in [1.54, 1.807) is 13.3 Å². The number of fused-ring (bicyclic) bond motifs is 1. The van der Waals surface area contributed by atoms with E-state index in [1.807, 2.05) is 19.1 Å². The topological polar surface area (TPSA) is 54.5 Å². The first-order valence-electron chi connectivity index (χ1n) is 9.21. The van der Waals surface area contributed by atoms with Crippen molar-refractivity contribution in [3.63, 3.8) is 0 Å². The first-order chi connectivity index (χ1) is 12.7. The molecule has 1 aliphatic rings. The number of carbonyl (C=O) groups is 1.